The molecule has 11 nitrogen and oxygen atoms in total. The Bertz CT molecular complexity index is 917. The van der Waals surface area contributed by atoms with Crippen LogP contribution in [0.4, 0.5) is 5.69 Å². The number of carbonyl (C=O) groups excluding carboxylic acids is 1. The van der Waals surface area contributed by atoms with E-state index >= 15 is 0 Å². The first kappa shape index (κ1) is 27.1. The van der Waals surface area contributed by atoms with Crippen molar-refractivity contribution in [2.45, 2.75) is 63.4 Å². The number of ether oxygens (including phenoxy) is 1. The summed E-state index contributed by atoms with van der Waals surface area (Å²) in [5.74, 6) is 0.159. The van der Waals surface area contributed by atoms with Crippen molar-refractivity contribution in [3.05, 3.63) is 24.3 Å². The molecule has 0 bridgehead atoms. The molecule has 11 heteroatoms. The molecule has 0 radical (unpaired) electrons. The third-order valence-electron chi connectivity index (χ3n) is 8.37. The number of carboxylic acids is 1. The van der Waals surface area contributed by atoms with Crippen molar-refractivity contribution in [1.82, 2.24) is 31.3 Å². The van der Waals surface area contributed by atoms with Gasteiger partial charge in [-0.25, -0.2) is 5.43 Å². The molecule has 4 aliphatic heterocycles. The third kappa shape index (κ3) is 7.15. The van der Waals surface area contributed by atoms with Gasteiger partial charge in [0.05, 0.1) is 12.1 Å². The van der Waals surface area contributed by atoms with E-state index in [1.807, 2.05) is 24.3 Å². The molecule has 6 N–H and O–H groups in total. The van der Waals surface area contributed by atoms with Crippen LogP contribution in [0.3, 0.4) is 0 Å². The first-order chi connectivity index (χ1) is 18.5. The number of fused-ring (bicyclic) bond motifs is 1. The summed E-state index contributed by atoms with van der Waals surface area (Å²) in [7, 11) is 0. The Balaban J connectivity index is 1.12. The Morgan fingerprint density at radius 3 is 2.47 bits per heavy atom. The summed E-state index contributed by atoms with van der Waals surface area (Å²) in [6.07, 6.45) is 6.94. The first-order valence-electron chi connectivity index (χ1n) is 14.3. The monoisotopic (exact) mass is 529 g/mol. The highest BCUT2D eigenvalue weighted by Crippen LogP contribution is 2.24. The number of hydrogen-bond acceptors (Lipinski definition) is 9. The zero-order valence-electron chi connectivity index (χ0n) is 22.2. The van der Waals surface area contributed by atoms with Crippen LogP contribution in [0.5, 0.6) is 5.75 Å². The number of hydrazine groups is 1. The Hall–Kier alpha value is -2.44. The highest BCUT2D eigenvalue weighted by molar-refractivity contribution is 5.81. The summed E-state index contributed by atoms with van der Waals surface area (Å²) >= 11 is 0. The lowest BCUT2D eigenvalue weighted by Crippen LogP contribution is -2.76. The lowest BCUT2D eigenvalue weighted by molar-refractivity contribution is -0.138. The SMILES string of the molecule is O=C(O)CC1CCN(CCOc2ccc(NC3NC(N4CCCCCC4)NC4CNNC(=O)C43)cc2)CC1. The van der Waals surface area contributed by atoms with Crippen molar-refractivity contribution in [3.63, 3.8) is 0 Å². The molecule has 4 saturated heterocycles. The smallest absolute Gasteiger partial charge is 0.303 e. The van der Waals surface area contributed by atoms with Gasteiger partial charge in [0.2, 0.25) is 5.91 Å². The van der Waals surface area contributed by atoms with Crippen LogP contribution in [0.25, 0.3) is 0 Å². The second-order valence-corrected chi connectivity index (χ2v) is 11.1. The van der Waals surface area contributed by atoms with E-state index in [1.165, 1.54) is 25.7 Å². The number of likely N-dealkylation sites (tertiary alicyclic amines) is 2. The van der Waals surface area contributed by atoms with Crippen LogP contribution in [0, 0.1) is 11.8 Å². The summed E-state index contributed by atoms with van der Waals surface area (Å²) in [5.41, 5.74) is 6.77. The van der Waals surface area contributed by atoms with Crippen molar-refractivity contribution in [1.29, 1.82) is 0 Å². The van der Waals surface area contributed by atoms with Gasteiger partial charge in [-0.2, -0.15) is 0 Å². The number of nitrogens with zero attached hydrogens (tertiary/aromatic N) is 2. The highest BCUT2D eigenvalue weighted by atomic mass is 16.5. The molecular formula is C27H43N7O4. The van der Waals surface area contributed by atoms with E-state index in [0.717, 1.165) is 57.0 Å². The van der Waals surface area contributed by atoms with E-state index < -0.39 is 5.97 Å². The fraction of sp³-hybridized carbons (Fsp3) is 0.704. The average molecular weight is 530 g/mol. The Morgan fingerprint density at radius 1 is 1.03 bits per heavy atom. The molecule has 210 valence electrons. The lowest BCUT2D eigenvalue weighted by atomic mass is 9.91. The number of piperidine rings is 1. The number of hydrogen-bond donors (Lipinski definition) is 6. The topological polar surface area (TPSA) is 130 Å². The molecule has 0 aliphatic carbocycles. The van der Waals surface area contributed by atoms with Crippen LogP contribution < -0.4 is 31.5 Å². The molecule has 1 amide bonds. The Kier molecular flexibility index (Phi) is 9.34. The summed E-state index contributed by atoms with van der Waals surface area (Å²) in [6.45, 7) is 6.09. The normalized spacial score (nSPS) is 29.6. The van der Waals surface area contributed by atoms with Gasteiger partial charge >= 0.3 is 5.97 Å². The van der Waals surface area contributed by atoms with E-state index in [9.17, 15) is 9.59 Å². The predicted octanol–water partition coefficient (Wildman–Crippen LogP) is 0.962. The van der Waals surface area contributed by atoms with Gasteiger partial charge in [-0.3, -0.25) is 35.4 Å². The number of benzene rings is 1. The van der Waals surface area contributed by atoms with Crippen molar-refractivity contribution >= 4 is 17.6 Å². The largest absolute Gasteiger partial charge is 0.492 e. The minimum Gasteiger partial charge on any atom is -0.492 e. The van der Waals surface area contributed by atoms with Gasteiger partial charge in [0.15, 0.2) is 0 Å². The molecule has 1 aromatic rings. The molecule has 0 spiro atoms. The number of amides is 1. The highest BCUT2D eigenvalue weighted by Gasteiger charge is 2.44. The molecule has 4 atom stereocenters. The van der Waals surface area contributed by atoms with Gasteiger partial charge in [-0.15, -0.1) is 0 Å². The van der Waals surface area contributed by atoms with E-state index in [1.54, 1.807) is 0 Å². The molecule has 5 rings (SSSR count). The molecule has 38 heavy (non-hydrogen) atoms. The quantitative estimate of drug-likeness (QED) is 0.275. The fourth-order valence-electron chi connectivity index (χ4n) is 6.19. The van der Waals surface area contributed by atoms with Crippen LogP contribution in [0.1, 0.15) is 44.9 Å². The van der Waals surface area contributed by atoms with Crippen LogP contribution in [0.2, 0.25) is 0 Å². The number of anilines is 1. The molecule has 0 saturated carbocycles. The van der Waals surface area contributed by atoms with Gasteiger partial charge in [0, 0.05) is 44.3 Å². The summed E-state index contributed by atoms with van der Waals surface area (Å²) in [4.78, 5) is 28.5. The van der Waals surface area contributed by atoms with Crippen molar-refractivity contribution in [3.8, 4) is 5.75 Å². The summed E-state index contributed by atoms with van der Waals surface area (Å²) < 4.78 is 5.99. The zero-order chi connectivity index (χ0) is 26.3. The minimum atomic E-state index is -0.697. The minimum absolute atomic E-state index is 0.0139. The van der Waals surface area contributed by atoms with Gasteiger partial charge in [0.1, 0.15) is 18.6 Å². The molecule has 4 aliphatic rings. The van der Waals surface area contributed by atoms with Crippen molar-refractivity contribution in [2.24, 2.45) is 11.8 Å². The number of carboxylic acid groups (broad SMARTS) is 1. The number of aliphatic carboxylic acids is 1. The summed E-state index contributed by atoms with van der Waals surface area (Å²) in [5, 5.41) is 19.9. The van der Waals surface area contributed by atoms with Gasteiger partial charge in [-0.1, -0.05) is 12.8 Å². The van der Waals surface area contributed by atoms with Gasteiger partial charge in [0.25, 0.3) is 0 Å². The molecule has 4 unspecified atom stereocenters. The van der Waals surface area contributed by atoms with Gasteiger partial charge in [-0.05, 0) is 69.0 Å². The summed E-state index contributed by atoms with van der Waals surface area (Å²) in [6, 6.07) is 7.98. The third-order valence-corrected chi connectivity index (χ3v) is 8.37. The number of carbonyl (C=O) groups is 2. The second kappa shape index (κ2) is 13.1. The Morgan fingerprint density at radius 2 is 1.76 bits per heavy atom. The van der Waals surface area contributed by atoms with Crippen LogP contribution in [0.15, 0.2) is 24.3 Å². The maximum absolute atomic E-state index is 12.8. The second-order valence-electron chi connectivity index (χ2n) is 11.1. The molecule has 1 aromatic carbocycles. The maximum atomic E-state index is 12.8. The van der Waals surface area contributed by atoms with E-state index in [4.69, 9.17) is 9.84 Å². The molecular weight excluding hydrogens is 486 g/mol. The number of nitrogens with one attached hydrogen (secondary N) is 5. The molecule has 4 fully saturated rings. The maximum Gasteiger partial charge on any atom is 0.303 e. The lowest BCUT2D eigenvalue weighted by Gasteiger charge is -2.48. The average Bonchev–Trinajstić information content (AvgIpc) is 3.20. The van der Waals surface area contributed by atoms with Crippen LogP contribution in [-0.2, 0) is 9.59 Å². The van der Waals surface area contributed by atoms with Crippen molar-refractivity contribution < 1.29 is 19.4 Å². The predicted molar refractivity (Wildman–Crippen MR) is 144 cm³/mol. The van der Waals surface area contributed by atoms with Crippen LogP contribution in [-0.4, -0.2) is 91.2 Å². The van der Waals surface area contributed by atoms with E-state index in [2.05, 4.69) is 36.6 Å². The first-order valence-corrected chi connectivity index (χ1v) is 14.3. The fourth-order valence-corrected chi connectivity index (χ4v) is 6.19. The molecule has 0 aromatic heterocycles. The van der Waals surface area contributed by atoms with E-state index in [-0.39, 0.29) is 36.7 Å². The van der Waals surface area contributed by atoms with Crippen molar-refractivity contribution in [2.75, 3.05) is 51.2 Å². The van der Waals surface area contributed by atoms with E-state index in [0.29, 0.717) is 19.1 Å². The standard InChI is InChI=1S/C27H43N7O4/c35-23(36)17-19-9-13-33(14-10-19)15-16-38-21-7-5-20(6-8-21)29-25-24-22(18-28-32-26(24)37)30-27(31-25)34-11-3-1-2-4-12-34/h5-8,19,22,24-25,27-31H,1-4,9-18H2,(H,32,37)(H,35,36). The zero-order valence-corrected chi connectivity index (χ0v) is 22.2. The van der Waals surface area contributed by atoms with Gasteiger partial charge < -0.3 is 15.2 Å². The Labute approximate surface area is 225 Å². The molecule has 4 heterocycles. The van der Waals surface area contributed by atoms with Crippen LogP contribution >= 0.6 is 0 Å². The number of rotatable bonds is 9.